The number of aliphatic hydroxyl groups excluding tert-OH is 1. The highest BCUT2D eigenvalue weighted by molar-refractivity contribution is 6.41. The van der Waals surface area contributed by atoms with Gasteiger partial charge in [-0.3, -0.25) is 9.36 Å². The minimum Gasteiger partial charge on any atom is -0.393 e. The topological polar surface area (TPSA) is 131 Å². The Balaban J connectivity index is 1.77. The van der Waals surface area contributed by atoms with Crippen LogP contribution in [0.25, 0.3) is 11.2 Å². The van der Waals surface area contributed by atoms with Gasteiger partial charge in [-0.25, -0.2) is 9.97 Å². The number of hydrogen-bond donors (Lipinski definition) is 4. The fourth-order valence-electron chi connectivity index (χ4n) is 4.69. The zero-order chi connectivity index (χ0) is 25.8. The molecule has 194 valence electrons. The largest absolute Gasteiger partial charge is 0.393 e. The van der Waals surface area contributed by atoms with Gasteiger partial charge in [-0.15, -0.1) is 0 Å². The maximum absolute atomic E-state index is 11.6. The first-order valence-corrected chi connectivity index (χ1v) is 13.3. The summed E-state index contributed by atoms with van der Waals surface area (Å²) in [6, 6.07) is 3.18. The van der Waals surface area contributed by atoms with Gasteiger partial charge in [0.25, 0.3) is 0 Å². The number of hydrogen-bond acceptors (Lipinski definition) is 7. The average Bonchev–Trinajstić information content (AvgIpc) is 3.16. The van der Waals surface area contributed by atoms with Gasteiger partial charge >= 0.3 is 0 Å². The molecule has 9 nitrogen and oxygen atoms in total. The number of halogens is 3. The minimum atomic E-state index is -0.369. The van der Waals surface area contributed by atoms with Crippen LogP contribution in [-0.2, 0) is 4.79 Å². The second-order valence-corrected chi connectivity index (χ2v) is 10.4. The van der Waals surface area contributed by atoms with Crippen LogP contribution >= 0.6 is 34.8 Å². The number of aromatic nitrogens is 4. The second kappa shape index (κ2) is 11.8. The third-order valence-corrected chi connectivity index (χ3v) is 7.18. The van der Waals surface area contributed by atoms with Crippen molar-refractivity contribution in [2.24, 2.45) is 5.73 Å². The number of nitrogens with one attached hydrogen (secondary N) is 2. The molecule has 0 aliphatic heterocycles. The maximum atomic E-state index is 11.6. The Morgan fingerprint density at radius 3 is 2.64 bits per heavy atom. The summed E-state index contributed by atoms with van der Waals surface area (Å²) in [7, 11) is 0. The van der Waals surface area contributed by atoms with E-state index in [1.165, 1.54) is 0 Å². The van der Waals surface area contributed by atoms with Gasteiger partial charge in [-0.2, -0.15) is 4.98 Å². The molecule has 0 unspecified atom stereocenters. The van der Waals surface area contributed by atoms with E-state index in [4.69, 9.17) is 50.5 Å². The number of anilines is 3. The highest BCUT2D eigenvalue weighted by atomic mass is 35.5. The Morgan fingerprint density at radius 2 is 1.97 bits per heavy atom. The lowest BCUT2D eigenvalue weighted by molar-refractivity contribution is -0.118. The SMILES string of the molecule is CCC[C@H](CCC(N)=O)n1c(Nc2c(Cl)cc(Cl)cc2Cl)nc2cnc(N[C@H]3CCC[C@@H](O)C3)nc21. The minimum absolute atomic E-state index is 0.0909. The molecule has 1 aliphatic carbocycles. The van der Waals surface area contributed by atoms with E-state index >= 15 is 0 Å². The number of aliphatic hydroxyl groups is 1. The van der Waals surface area contributed by atoms with E-state index < -0.39 is 0 Å². The molecule has 0 radical (unpaired) electrons. The van der Waals surface area contributed by atoms with Gasteiger partial charge in [0.2, 0.25) is 17.8 Å². The summed E-state index contributed by atoms with van der Waals surface area (Å²) < 4.78 is 1.96. The van der Waals surface area contributed by atoms with Gasteiger partial charge in [-0.1, -0.05) is 48.1 Å². The molecule has 4 rings (SSSR count). The van der Waals surface area contributed by atoms with Crippen molar-refractivity contribution in [3.8, 4) is 0 Å². The van der Waals surface area contributed by atoms with E-state index in [1.807, 2.05) is 4.57 Å². The predicted molar refractivity (Wildman–Crippen MR) is 144 cm³/mol. The van der Waals surface area contributed by atoms with Crippen molar-refractivity contribution in [3.63, 3.8) is 0 Å². The smallest absolute Gasteiger partial charge is 0.224 e. The lowest BCUT2D eigenvalue weighted by Crippen LogP contribution is -2.30. The van der Waals surface area contributed by atoms with E-state index in [0.717, 1.165) is 32.1 Å². The van der Waals surface area contributed by atoms with Gasteiger partial charge in [-0.05, 0) is 50.7 Å². The molecule has 0 saturated heterocycles. The van der Waals surface area contributed by atoms with Crippen molar-refractivity contribution in [3.05, 3.63) is 33.4 Å². The summed E-state index contributed by atoms with van der Waals surface area (Å²) in [5.41, 5.74) is 7.12. The number of fused-ring (bicyclic) bond motifs is 1. The van der Waals surface area contributed by atoms with E-state index in [9.17, 15) is 9.90 Å². The lowest BCUT2D eigenvalue weighted by Gasteiger charge is -2.26. The number of primary amides is 1. The zero-order valence-electron chi connectivity index (χ0n) is 20.0. The molecule has 2 heterocycles. The predicted octanol–water partition coefficient (Wildman–Crippen LogP) is 5.85. The van der Waals surface area contributed by atoms with Crippen molar-refractivity contribution in [2.75, 3.05) is 10.6 Å². The quantitative estimate of drug-likeness (QED) is 0.247. The summed E-state index contributed by atoms with van der Waals surface area (Å²) in [6.07, 6.45) is 7.09. The maximum Gasteiger partial charge on any atom is 0.224 e. The molecule has 1 aliphatic rings. The van der Waals surface area contributed by atoms with E-state index in [-0.39, 0.29) is 30.5 Å². The average molecular weight is 555 g/mol. The van der Waals surface area contributed by atoms with Crippen LogP contribution in [-0.4, -0.2) is 42.7 Å². The molecule has 1 fully saturated rings. The van der Waals surface area contributed by atoms with Crippen molar-refractivity contribution < 1.29 is 9.90 Å². The van der Waals surface area contributed by atoms with E-state index in [1.54, 1.807) is 18.3 Å². The monoisotopic (exact) mass is 553 g/mol. The summed E-state index contributed by atoms with van der Waals surface area (Å²) in [5.74, 6) is 0.562. The molecule has 3 atom stereocenters. The summed E-state index contributed by atoms with van der Waals surface area (Å²) in [6.45, 7) is 2.08. The van der Waals surface area contributed by atoms with Crippen LogP contribution in [0.5, 0.6) is 0 Å². The Morgan fingerprint density at radius 1 is 1.22 bits per heavy atom. The van der Waals surface area contributed by atoms with E-state index in [2.05, 4.69) is 22.5 Å². The molecule has 1 saturated carbocycles. The summed E-state index contributed by atoms with van der Waals surface area (Å²) in [4.78, 5) is 25.6. The molecular weight excluding hydrogens is 525 g/mol. The first kappa shape index (κ1) is 26.7. The Labute approximate surface area is 224 Å². The number of imidazole rings is 1. The number of amides is 1. The standard InChI is InChI=1S/C24H30Cl3N7O2/c1-2-4-15(7-8-20(28)36)34-22-19(12-29-23(33-22)30-14-5-3-6-16(35)11-14)31-24(34)32-21-17(26)9-13(25)10-18(21)27/h9-10,12,14-16,35H,2-8,11H2,1H3,(H2,28,36)(H,31,32)(H,29,30,33)/t14-,15+,16+/m0/s1. The van der Waals surface area contributed by atoms with Crippen LogP contribution in [0.15, 0.2) is 18.3 Å². The van der Waals surface area contributed by atoms with Crippen LogP contribution in [0.4, 0.5) is 17.6 Å². The van der Waals surface area contributed by atoms with Gasteiger partial charge in [0.15, 0.2) is 5.65 Å². The van der Waals surface area contributed by atoms with Crippen LogP contribution in [0.2, 0.25) is 15.1 Å². The molecular formula is C24H30Cl3N7O2. The first-order chi connectivity index (χ1) is 17.2. The Kier molecular flexibility index (Phi) is 8.77. The fraction of sp³-hybridized carbons (Fsp3) is 0.500. The number of nitrogens with two attached hydrogens (primary N) is 1. The molecule has 12 heteroatoms. The van der Waals surface area contributed by atoms with E-state index in [0.29, 0.717) is 56.7 Å². The number of carbonyl (C=O) groups excluding carboxylic acids is 1. The summed E-state index contributed by atoms with van der Waals surface area (Å²) in [5, 5.41) is 17.8. The molecule has 0 spiro atoms. The molecule has 5 N–H and O–H groups in total. The molecule has 36 heavy (non-hydrogen) atoms. The highest BCUT2D eigenvalue weighted by Gasteiger charge is 2.24. The van der Waals surface area contributed by atoms with Crippen LogP contribution in [0.3, 0.4) is 0 Å². The van der Waals surface area contributed by atoms with Gasteiger partial charge in [0.05, 0.1) is 28.0 Å². The van der Waals surface area contributed by atoms with Crippen molar-refractivity contribution in [2.45, 2.75) is 76.5 Å². The molecule has 0 bridgehead atoms. The molecule has 3 aromatic rings. The van der Waals surface area contributed by atoms with Gasteiger partial charge in [0.1, 0.15) is 5.52 Å². The van der Waals surface area contributed by atoms with Crippen LogP contribution in [0, 0.1) is 0 Å². The number of benzene rings is 1. The normalized spacial score (nSPS) is 18.8. The number of rotatable bonds is 10. The van der Waals surface area contributed by atoms with Crippen molar-refractivity contribution in [1.82, 2.24) is 19.5 Å². The third-order valence-electron chi connectivity index (χ3n) is 6.37. The van der Waals surface area contributed by atoms with Gasteiger partial charge < -0.3 is 21.5 Å². The number of carbonyl (C=O) groups is 1. The molecule has 1 amide bonds. The number of nitrogens with zero attached hydrogens (tertiary/aromatic N) is 4. The lowest BCUT2D eigenvalue weighted by atomic mass is 9.93. The first-order valence-electron chi connectivity index (χ1n) is 12.1. The van der Waals surface area contributed by atoms with Crippen molar-refractivity contribution >= 4 is 69.5 Å². The highest BCUT2D eigenvalue weighted by Crippen LogP contribution is 2.38. The molecule has 1 aromatic carbocycles. The van der Waals surface area contributed by atoms with Crippen molar-refractivity contribution in [1.29, 1.82) is 0 Å². The Hall–Kier alpha value is -2.33. The Bertz CT molecular complexity index is 1210. The fourth-order valence-corrected chi connectivity index (χ4v) is 5.60. The third kappa shape index (κ3) is 6.32. The second-order valence-electron chi connectivity index (χ2n) is 9.19. The van der Waals surface area contributed by atoms with Gasteiger partial charge in [0, 0.05) is 23.5 Å². The van der Waals surface area contributed by atoms with Crippen LogP contribution in [0.1, 0.15) is 64.3 Å². The van der Waals surface area contributed by atoms with Crippen LogP contribution < -0.4 is 16.4 Å². The zero-order valence-corrected chi connectivity index (χ0v) is 22.2. The molecule has 2 aromatic heterocycles. The summed E-state index contributed by atoms with van der Waals surface area (Å²) >= 11 is 19.0.